The minimum atomic E-state index is -1.12. The van der Waals surface area contributed by atoms with E-state index in [1.165, 1.54) is 19.1 Å². The topological polar surface area (TPSA) is 131 Å². The van der Waals surface area contributed by atoms with Crippen molar-refractivity contribution in [2.45, 2.75) is 19.8 Å². The third kappa shape index (κ3) is 5.03. The van der Waals surface area contributed by atoms with Gasteiger partial charge in [-0.25, -0.2) is 9.59 Å². The maximum absolute atomic E-state index is 12.9. The number of ether oxygens (including phenoxy) is 3. The Bertz CT molecular complexity index is 1320. The number of fused-ring (bicyclic) bond motifs is 2. The highest BCUT2D eigenvalue weighted by Gasteiger charge is 2.33. The van der Waals surface area contributed by atoms with Crippen LogP contribution in [0.1, 0.15) is 46.8 Å². The van der Waals surface area contributed by atoms with E-state index >= 15 is 0 Å². The molecular formula is C26H23NO8. The molecule has 1 heterocycles. The first-order valence-corrected chi connectivity index (χ1v) is 10.8. The number of esters is 1. The van der Waals surface area contributed by atoms with Crippen LogP contribution in [-0.2, 0) is 14.3 Å². The number of carboxylic acid groups (broad SMARTS) is 1. The zero-order valence-corrected chi connectivity index (χ0v) is 19.0. The van der Waals surface area contributed by atoms with Gasteiger partial charge in [0.05, 0.1) is 12.2 Å². The SMILES string of the molecule is CCOC(=O)c1ccc(NC(C)=O)cc1C1c2ccc(O)cc2Oc2cc(OCC(=O)O)ccc21. The number of aromatic hydroxyl groups is 1. The van der Waals surface area contributed by atoms with E-state index in [9.17, 15) is 19.5 Å². The number of aliphatic carboxylic acids is 1. The number of rotatable bonds is 7. The molecule has 1 amide bonds. The Labute approximate surface area is 200 Å². The van der Waals surface area contributed by atoms with E-state index in [2.05, 4.69) is 5.32 Å². The van der Waals surface area contributed by atoms with Crippen LogP contribution in [0.5, 0.6) is 23.0 Å². The molecule has 0 spiro atoms. The van der Waals surface area contributed by atoms with Gasteiger partial charge in [-0.15, -0.1) is 0 Å². The third-order valence-corrected chi connectivity index (χ3v) is 5.36. The van der Waals surface area contributed by atoms with Crippen molar-refractivity contribution in [1.82, 2.24) is 0 Å². The van der Waals surface area contributed by atoms with Gasteiger partial charge in [-0.1, -0.05) is 12.1 Å². The highest BCUT2D eigenvalue weighted by molar-refractivity contribution is 5.94. The van der Waals surface area contributed by atoms with E-state index in [-0.39, 0.29) is 24.0 Å². The first kappa shape index (κ1) is 23.6. The number of nitrogens with one attached hydrogen (secondary N) is 1. The summed E-state index contributed by atoms with van der Waals surface area (Å²) in [5.41, 5.74) is 2.72. The van der Waals surface area contributed by atoms with E-state index < -0.39 is 24.5 Å². The third-order valence-electron chi connectivity index (χ3n) is 5.36. The molecule has 4 rings (SSSR count). The first-order chi connectivity index (χ1) is 16.8. The predicted octanol–water partition coefficient (Wildman–Crippen LogP) is 4.28. The van der Waals surface area contributed by atoms with Crippen LogP contribution in [0.15, 0.2) is 54.6 Å². The van der Waals surface area contributed by atoms with Crippen molar-refractivity contribution in [1.29, 1.82) is 0 Å². The summed E-state index contributed by atoms with van der Waals surface area (Å²) in [6.07, 6.45) is 0. The molecule has 0 radical (unpaired) electrons. The fourth-order valence-corrected chi connectivity index (χ4v) is 4.02. The van der Waals surface area contributed by atoms with Crippen molar-refractivity contribution in [2.24, 2.45) is 0 Å². The molecule has 1 unspecified atom stereocenters. The molecule has 0 aliphatic carbocycles. The molecular weight excluding hydrogens is 454 g/mol. The van der Waals surface area contributed by atoms with Gasteiger partial charge in [-0.05, 0) is 42.8 Å². The summed E-state index contributed by atoms with van der Waals surface area (Å²) in [7, 11) is 0. The minimum Gasteiger partial charge on any atom is -0.508 e. The lowest BCUT2D eigenvalue weighted by Crippen LogP contribution is -2.17. The number of phenols is 1. The molecule has 1 aliphatic heterocycles. The number of carbonyl (C=O) groups is 3. The average molecular weight is 477 g/mol. The molecule has 0 saturated heterocycles. The van der Waals surface area contributed by atoms with Crippen molar-refractivity contribution in [3.63, 3.8) is 0 Å². The van der Waals surface area contributed by atoms with E-state index in [0.29, 0.717) is 39.4 Å². The van der Waals surface area contributed by atoms with Crippen LogP contribution in [0, 0.1) is 0 Å². The zero-order chi connectivity index (χ0) is 25.1. The molecule has 3 N–H and O–H groups in total. The van der Waals surface area contributed by atoms with Crippen molar-refractivity contribution in [3.8, 4) is 23.0 Å². The molecule has 35 heavy (non-hydrogen) atoms. The molecule has 3 aromatic carbocycles. The lowest BCUT2D eigenvalue weighted by atomic mass is 9.80. The Morgan fingerprint density at radius 2 is 1.69 bits per heavy atom. The zero-order valence-electron chi connectivity index (χ0n) is 19.0. The van der Waals surface area contributed by atoms with Gasteiger partial charge in [0.1, 0.15) is 23.0 Å². The van der Waals surface area contributed by atoms with E-state index in [1.807, 2.05) is 0 Å². The average Bonchev–Trinajstić information content (AvgIpc) is 2.80. The monoisotopic (exact) mass is 477 g/mol. The van der Waals surface area contributed by atoms with E-state index in [4.69, 9.17) is 19.3 Å². The number of carbonyl (C=O) groups excluding carboxylic acids is 2. The normalized spacial score (nSPS) is 13.6. The Balaban J connectivity index is 1.91. The molecule has 1 atom stereocenters. The number of amides is 1. The maximum Gasteiger partial charge on any atom is 0.341 e. The Morgan fingerprint density at radius 3 is 2.37 bits per heavy atom. The Kier molecular flexibility index (Phi) is 6.59. The first-order valence-electron chi connectivity index (χ1n) is 10.8. The molecule has 3 aromatic rings. The predicted molar refractivity (Wildman–Crippen MR) is 125 cm³/mol. The van der Waals surface area contributed by atoms with Crippen LogP contribution >= 0.6 is 0 Å². The van der Waals surface area contributed by atoms with Crippen molar-refractivity contribution in [2.75, 3.05) is 18.5 Å². The van der Waals surface area contributed by atoms with Crippen LogP contribution in [0.3, 0.4) is 0 Å². The molecule has 0 saturated carbocycles. The summed E-state index contributed by atoms with van der Waals surface area (Å²) in [6.45, 7) is 2.76. The lowest BCUT2D eigenvalue weighted by molar-refractivity contribution is -0.139. The van der Waals surface area contributed by atoms with E-state index in [1.54, 1.807) is 49.4 Å². The number of anilines is 1. The van der Waals surface area contributed by atoms with Gasteiger partial charge < -0.3 is 29.7 Å². The molecule has 9 heteroatoms. The molecule has 180 valence electrons. The highest BCUT2D eigenvalue weighted by atomic mass is 16.5. The number of hydrogen-bond acceptors (Lipinski definition) is 7. The summed E-state index contributed by atoms with van der Waals surface area (Å²) in [6, 6.07) is 14.5. The fraction of sp³-hybridized carbons (Fsp3) is 0.192. The number of carboxylic acids is 1. The van der Waals surface area contributed by atoms with Crippen LogP contribution in [0.25, 0.3) is 0 Å². The molecule has 0 aromatic heterocycles. The second-order valence-electron chi connectivity index (χ2n) is 7.84. The van der Waals surface area contributed by atoms with Gasteiger partial charge in [0.25, 0.3) is 0 Å². The van der Waals surface area contributed by atoms with Crippen LogP contribution in [-0.4, -0.2) is 41.3 Å². The summed E-state index contributed by atoms with van der Waals surface area (Å²) >= 11 is 0. The van der Waals surface area contributed by atoms with Crippen LogP contribution in [0.2, 0.25) is 0 Å². The van der Waals surface area contributed by atoms with Gasteiger partial charge in [0.15, 0.2) is 6.61 Å². The quantitative estimate of drug-likeness (QED) is 0.336. The summed E-state index contributed by atoms with van der Waals surface area (Å²) in [5, 5.41) is 21.7. The van der Waals surface area contributed by atoms with Crippen LogP contribution < -0.4 is 14.8 Å². The largest absolute Gasteiger partial charge is 0.508 e. The molecule has 9 nitrogen and oxygen atoms in total. The summed E-state index contributed by atoms with van der Waals surface area (Å²) < 4.78 is 16.6. The summed E-state index contributed by atoms with van der Waals surface area (Å²) in [4.78, 5) is 35.5. The van der Waals surface area contributed by atoms with E-state index in [0.717, 1.165) is 0 Å². The number of benzene rings is 3. The molecule has 1 aliphatic rings. The van der Waals surface area contributed by atoms with Gasteiger partial charge in [-0.3, -0.25) is 4.79 Å². The smallest absolute Gasteiger partial charge is 0.341 e. The van der Waals surface area contributed by atoms with Gasteiger partial charge in [0.2, 0.25) is 5.91 Å². The molecule has 0 fully saturated rings. The van der Waals surface area contributed by atoms with Crippen molar-refractivity contribution >= 4 is 23.5 Å². The number of hydrogen-bond donors (Lipinski definition) is 3. The number of phenolic OH excluding ortho intramolecular Hbond substituents is 1. The second-order valence-corrected chi connectivity index (χ2v) is 7.84. The Morgan fingerprint density at radius 1 is 0.971 bits per heavy atom. The summed E-state index contributed by atoms with van der Waals surface area (Å²) in [5.74, 6) is -1.44. The maximum atomic E-state index is 12.9. The fourth-order valence-electron chi connectivity index (χ4n) is 4.02. The van der Waals surface area contributed by atoms with Crippen molar-refractivity contribution < 1.29 is 38.8 Å². The standard InChI is InChI=1S/C26H23NO8/c1-3-33-26(32)18-7-4-15(27-14(2)28)10-21(18)25-19-8-5-16(29)11-22(19)35-23-12-17(6-9-20(23)25)34-13-24(30)31/h4-12,25,29H,3,13H2,1-2H3,(H,27,28)(H,30,31). The Hall–Kier alpha value is -4.53. The van der Waals surface area contributed by atoms with Gasteiger partial charge in [0, 0.05) is 41.8 Å². The molecule has 0 bridgehead atoms. The lowest BCUT2D eigenvalue weighted by Gasteiger charge is -2.30. The highest BCUT2D eigenvalue weighted by Crippen LogP contribution is 2.50. The van der Waals surface area contributed by atoms with Gasteiger partial charge >= 0.3 is 11.9 Å². The van der Waals surface area contributed by atoms with Crippen LogP contribution in [0.4, 0.5) is 5.69 Å². The second kappa shape index (κ2) is 9.76. The minimum absolute atomic E-state index is 0.0122. The van der Waals surface area contributed by atoms with Gasteiger partial charge in [-0.2, -0.15) is 0 Å². The van der Waals surface area contributed by atoms with Crippen molar-refractivity contribution in [3.05, 3.63) is 76.9 Å².